The Balaban J connectivity index is 1.63. The second-order valence-electron chi connectivity index (χ2n) is 5.63. The zero-order valence-corrected chi connectivity index (χ0v) is 14.3. The SMILES string of the molecule is Cn1c(CNC(=O)c2ccccc2OC[C@H]2CCCO2)n[nH]c1=S. The molecule has 0 saturated carbocycles. The van der Waals surface area contributed by atoms with Crippen LogP contribution in [0, 0.1) is 4.77 Å². The molecule has 1 atom stereocenters. The molecule has 1 aliphatic rings. The molecule has 0 radical (unpaired) electrons. The number of aromatic amines is 1. The van der Waals surface area contributed by atoms with Crippen LogP contribution < -0.4 is 10.1 Å². The van der Waals surface area contributed by atoms with Crippen LogP contribution in [-0.4, -0.2) is 40.0 Å². The first-order chi connectivity index (χ1) is 11.6. The Hall–Kier alpha value is -2.19. The molecule has 1 amide bonds. The molecule has 1 fully saturated rings. The molecule has 2 heterocycles. The van der Waals surface area contributed by atoms with E-state index in [4.69, 9.17) is 21.7 Å². The van der Waals surface area contributed by atoms with Crippen LogP contribution in [0.15, 0.2) is 24.3 Å². The van der Waals surface area contributed by atoms with E-state index in [9.17, 15) is 4.79 Å². The third-order valence-electron chi connectivity index (χ3n) is 3.96. The van der Waals surface area contributed by atoms with E-state index >= 15 is 0 Å². The van der Waals surface area contributed by atoms with Crippen LogP contribution in [0.3, 0.4) is 0 Å². The van der Waals surface area contributed by atoms with Crippen LogP contribution in [-0.2, 0) is 18.3 Å². The monoisotopic (exact) mass is 348 g/mol. The van der Waals surface area contributed by atoms with E-state index in [2.05, 4.69) is 15.5 Å². The summed E-state index contributed by atoms with van der Waals surface area (Å²) in [5.74, 6) is 0.999. The van der Waals surface area contributed by atoms with Crippen LogP contribution in [0.4, 0.5) is 0 Å². The van der Waals surface area contributed by atoms with Crippen LogP contribution in [0.1, 0.15) is 29.0 Å². The Bertz CT molecular complexity index is 765. The number of hydrogen-bond acceptors (Lipinski definition) is 5. The lowest BCUT2D eigenvalue weighted by molar-refractivity contribution is 0.0670. The number of para-hydroxylation sites is 1. The average Bonchev–Trinajstić information content (AvgIpc) is 3.22. The largest absolute Gasteiger partial charge is 0.490 e. The Labute approximate surface area is 145 Å². The van der Waals surface area contributed by atoms with Crippen molar-refractivity contribution in [3.63, 3.8) is 0 Å². The maximum absolute atomic E-state index is 12.5. The number of rotatable bonds is 6. The van der Waals surface area contributed by atoms with Gasteiger partial charge in [-0.1, -0.05) is 12.1 Å². The number of ether oxygens (including phenoxy) is 2. The van der Waals surface area contributed by atoms with Gasteiger partial charge in [0.1, 0.15) is 12.4 Å². The molecule has 1 saturated heterocycles. The van der Waals surface area contributed by atoms with Gasteiger partial charge < -0.3 is 19.4 Å². The Morgan fingerprint density at radius 1 is 1.54 bits per heavy atom. The number of aromatic nitrogens is 3. The topological polar surface area (TPSA) is 81.2 Å². The first kappa shape index (κ1) is 16.7. The number of nitrogens with one attached hydrogen (secondary N) is 2. The summed E-state index contributed by atoms with van der Waals surface area (Å²) in [5.41, 5.74) is 0.493. The summed E-state index contributed by atoms with van der Waals surface area (Å²) < 4.78 is 13.6. The zero-order chi connectivity index (χ0) is 16.9. The fourth-order valence-electron chi connectivity index (χ4n) is 2.53. The molecule has 128 valence electrons. The van der Waals surface area contributed by atoms with E-state index in [1.165, 1.54) is 0 Å². The van der Waals surface area contributed by atoms with E-state index in [-0.39, 0.29) is 18.6 Å². The molecule has 0 unspecified atom stereocenters. The summed E-state index contributed by atoms with van der Waals surface area (Å²) in [6, 6.07) is 7.19. The van der Waals surface area contributed by atoms with Crippen molar-refractivity contribution >= 4 is 18.1 Å². The van der Waals surface area contributed by atoms with Crippen molar-refractivity contribution in [1.82, 2.24) is 20.1 Å². The normalized spacial score (nSPS) is 17.0. The molecule has 1 aliphatic heterocycles. The standard InChI is InChI=1S/C16H20N4O3S/c1-20-14(18-19-16(20)24)9-17-15(21)12-6-2-3-7-13(12)23-10-11-5-4-8-22-11/h2-3,6-7,11H,4-5,8-10H2,1H3,(H,17,21)(H,19,24)/t11-/m1/s1. The average molecular weight is 348 g/mol. The van der Waals surface area contributed by atoms with Gasteiger partial charge in [-0.05, 0) is 37.2 Å². The van der Waals surface area contributed by atoms with Gasteiger partial charge in [0.2, 0.25) is 0 Å². The molecule has 0 bridgehead atoms. The van der Waals surface area contributed by atoms with E-state index in [1.54, 1.807) is 23.7 Å². The molecule has 1 aromatic heterocycles. The molecule has 7 nitrogen and oxygen atoms in total. The van der Waals surface area contributed by atoms with Crippen molar-refractivity contribution in [3.8, 4) is 5.75 Å². The number of hydrogen-bond donors (Lipinski definition) is 2. The van der Waals surface area contributed by atoms with Crippen molar-refractivity contribution < 1.29 is 14.3 Å². The van der Waals surface area contributed by atoms with E-state index in [0.29, 0.717) is 28.5 Å². The summed E-state index contributed by atoms with van der Waals surface area (Å²) in [6.45, 7) is 1.52. The zero-order valence-electron chi connectivity index (χ0n) is 13.4. The molecule has 0 spiro atoms. The van der Waals surface area contributed by atoms with Crippen LogP contribution in [0.2, 0.25) is 0 Å². The lowest BCUT2D eigenvalue weighted by Gasteiger charge is -2.14. The van der Waals surface area contributed by atoms with E-state index < -0.39 is 0 Å². The minimum Gasteiger partial charge on any atom is -0.490 e. The molecule has 1 aromatic carbocycles. The summed E-state index contributed by atoms with van der Waals surface area (Å²) in [6.07, 6.45) is 2.16. The van der Waals surface area contributed by atoms with Crippen molar-refractivity contribution in [1.29, 1.82) is 0 Å². The third kappa shape index (κ3) is 3.82. The molecular weight excluding hydrogens is 328 g/mol. The maximum atomic E-state index is 12.5. The fraction of sp³-hybridized carbons (Fsp3) is 0.438. The summed E-state index contributed by atoms with van der Waals surface area (Å²) >= 11 is 5.06. The van der Waals surface area contributed by atoms with E-state index in [0.717, 1.165) is 19.4 Å². The van der Waals surface area contributed by atoms with Gasteiger partial charge in [0.05, 0.1) is 18.2 Å². The number of carbonyl (C=O) groups excluding carboxylic acids is 1. The van der Waals surface area contributed by atoms with Gasteiger partial charge in [-0.25, -0.2) is 0 Å². The van der Waals surface area contributed by atoms with Gasteiger partial charge in [-0.15, -0.1) is 0 Å². The highest BCUT2D eigenvalue weighted by Gasteiger charge is 2.18. The van der Waals surface area contributed by atoms with Crippen molar-refractivity contribution in [2.45, 2.75) is 25.5 Å². The highest BCUT2D eigenvalue weighted by Crippen LogP contribution is 2.20. The Morgan fingerprint density at radius 3 is 3.08 bits per heavy atom. The van der Waals surface area contributed by atoms with Crippen molar-refractivity contribution in [2.75, 3.05) is 13.2 Å². The molecule has 3 rings (SSSR count). The number of amides is 1. The highest BCUT2D eigenvalue weighted by molar-refractivity contribution is 7.71. The lowest BCUT2D eigenvalue weighted by Crippen LogP contribution is -2.25. The quantitative estimate of drug-likeness (QED) is 0.780. The lowest BCUT2D eigenvalue weighted by atomic mass is 10.2. The molecule has 2 aromatic rings. The van der Waals surface area contributed by atoms with Gasteiger partial charge in [0, 0.05) is 13.7 Å². The van der Waals surface area contributed by atoms with Gasteiger partial charge in [-0.2, -0.15) is 5.10 Å². The predicted octanol–water partition coefficient (Wildman–Crippen LogP) is 1.97. The van der Waals surface area contributed by atoms with Crippen LogP contribution >= 0.6 is 12.2 Å². The maximum Gasteiger partial charge on any atom is 0.255 e. The van der Waals surface area contributed by atoms with Gasteiger partial charge in [-0.3, -0.25) is 9.89 Å². The second kappa shape index (κ2) is 7.59. The Morgan fingerprint density at radius 2 is 2.38 bits per heavy atom. The van der Waals surface area contributed by atoms with Crippen molar-refractivity contribution in [2.24, 2.45) is 7.05 Å². The first-order valence-corrected chi connectivity index (χ1v) is 8.28. The van der Waals surface area contributed by atoms with Crippen molar-refractivity contribution in [3.05, 3.63) is 40.4 Å². The van der Waals surface area contributed by atoms with Gasteiger partial charge in [0.25, 0.3) is 5.91 Å². The molecule has 8 heteroatoms. The summed E-state index contributed by atoms with van der Waals surface area (Å²) in [7, 11) is 1.80. The summed E-state index contributed by atoms with van der Waals surface area (Å²) in [5, 5.41) is 9.60. The van der Waals surface area contributed by atoms with Crippen LogP contribution in [0.25, 0.3) is 0 Å². The number of carbonyl (C=O) groups is 1. The fourth-order valence-corrected chi connectivity index (χ4v) is 2.68. The van der Waals surface area contributed by atoms with Gasteiger partial charge >= 0.3 is 0 Å². The number of H-pyrrole nitrogens is 1. The molecular formula is C16H20N4O3S. The third-order valence-corrected chi connectivity index (χ3v) is 4.33. The molecule has 2 N–H and O–H groups in total. The molecule has 24 heavy (non-hydrogen) atoms. The minimum absolute atomic E-state index is 0.106. The highest BCUT2D eigenvalue weighted by atomic mass is 32.1. The predicted molar refractivity (Wildman–Crippen MR) is 90.5 cm³/mol. The van der Waals surface area contributed by atoms with E-state index in [1.807, 2.05) is 12.1 Å². The first-order valence-electron chi connectivity index (χ1n) is 7.87. The minimum atomic E-state index is -0.216. The number of benzene rings is 1. The molecule has 0 aliphatic carbocycles. The van der Waals surface area contributed by atoms with Gasteiger partial charge in [0.15, 0.2) is 10.6 Å². The Kier molecular flexibility index (Phi) is 5.27. The summed E-state index contributed by atoms with van der Waals surface area (Å²) in [4.78, 5) is 12.5. The number of nitrogens with zero attached hydrogens (tertiary/aromatic N) is 2. The smallest absolute Gasteiger partial charge is 0.255 e. The second-order valence-corrected chi connectivity index (χ2v) is 6.02. The van der Waals surface area contributed by atoms with Crippen LogP contribution in [0.5, 0.6) is 5.75 Å².